The summed E-state index contributed by atoms with van der Waals surface area (Å²) in [5.74, 6) is -0.703. The van der Waals surface area contributed by atoms with Gasteiger partial charge in [0.15, 0.2) is 0 Å². The molecule has 0 spiro atoms. The monoisotopic (exact) mass is 446 g/mol. The van der Waals surface area contributed by atoms with Crippen molar-refractivity contribution in [2.75, 3.05) is 10.2 Å². The van der Waals surface area contributed by atoms with E-state index in [0.717, 1.165) is 21.3 Å². The zero-order valence-corrected chi connectivity index (χ0v) is 17.7. The third-order valence-electron chi connectivity index (χ3n) is 4.72. The lowest BCUT2D eigenvalue weighted by atomic mass is 10.0. The summed E-state index contributed by atoms with van der Waals surface area (Å²) in [6.07, 6.45) is 0. The Hall–Kier alpha value is -3.18. The molecule has 0 atom stereocenters. The Kier molecular flexibility index (Phi) is 5.07. The first kappa shape index (κ1) is 19.2. The second kappa shape index (κ2) is 7.68. The molecule has 1 heterocycles. The molecule has 0 fully saturated rings. The average molecular weight is 447 g/mol. The molecule has 3 aromatic carbocycles. The zero-order valence-electron chi connectivity index (χ0n) is 16.1. The second-order valence-corrected chi connectivity index (χ2v) is 7.96. The van der Waals surface area contributed by atoms with Gasteiger partial charge in [-0.15, -0.1) is 0 Å². The highest BCUT2D eigenvalue weighted by molar-refractivity contribution is 9.10. The van der Waals surface area contributed by atoms with Crippen molar-refractivity contribution in [2.24, 2.45) is 0 Å². The Morgan fingerprint density at radius 3 is 2.03 bits per heavy atom. The Morgan fingerprint density at radius 1 is 0.793 bits per heavy atom. The molecule has 1 aliphatic heterocycles. The van der Waals surface area contributed by atoms with E-state index in [1.807, 2.05) is 68.4 Å². The number of anilines is 2. The van der Waals surface area contributed by atoms with E-state index in [1.54, 1.807) is 12.1 Å². The molecular formula is C24H19BrN2O2. The fourth-order valence-corrected chi connectivity index (χ4v) is 3.80. The fraction of sp³-hybridized carbons (Fsp3) is 0.0833. The highest BCUT2D eigenvalue weighted by atomic mass is 79.9. The molecule has 1 aliphatic rings. The minimum absolute atomic E-state index is 0.286. The van der Waals surface area contributed by atoms with Crippen molar-refractivity contribution in [1.29, 1.82) is 0 Å². The van der Waals surface area contributed by atoms with Gasteiger partial charge in [-0.2, -0.15) is 0 Å². The van der Waals surface area contributed by atoms with E-state index < -0.39 is 0 Å². The van der Waals surface area contributed by atoms with Gasteiger partial charge in [0, 0.05) is 10.2 Å². The van der Waals surface area contributed by atoms with E-state index in [9.17, 15) is 9.59 Å². The van der Waals surface area contributed by atoms with Crippen LogP contribution in [0.4, 0.5) is 11.4 Å². The van der Waals surface area contributed by atoms with Crippen LogP contribution in [0.5, 0.6) is 0 Å². The van der Waals surface area contributed by atoms with Gasteiger partial charge in [0.2, 0.25) is 0 Å². The third-order valence-corrected chi connectivity index (χ3v) is 5.25. The molecule has 0 bridgehead atoms. The molecule has 4 nitrogen and oxygen atoms in total. The lowest BCUT2D eigenvalue weighted by Gasteiger charge is -2.15. The predicted octanol–water partition coefficient (Wildman–Crippen LogP) is 5.46. The molecule has 4 rings (SSSR count). The van der Waals surface area contributed by atoms with Crippen LogP contribution in [-0.2, 0) is 9.59 Å². The number of halogens is 1. The first-order valence-corrected chi connectivity index (χ1v) is 10.0. The summed E-state index contributed by atoms with van der Waals surface area (Å²) in [5.41, 5.74) is 4.84. The van der Waals surface area contributed by atoms with Crippen molar-refractivity contribution in [3.63, 3.8) is 0 Å². The zero-order chi connectivity index (χ0) is 20.5. The summed E-state index contributed by atoms with van der Waals surface area (Å²) in [6, 6.07) is 22.4. The summed E-state index contributed by atoms with van der Waals surface area (Å²) in [4.78, 5) is 27.9. The molecule has 29 heavy (non-hydrogen) atoms. The van der Waals surface area contributed by atoms with Gasteiger partial charge in [-0.1, -0.05) is 52.3 Å². The van der Waals surface area contributed by atoms with Crippen molar-refractivity contribution in [2.45, 2.75) is 13.8 Å². The van der Waals surface area contributed by atoms with E-state index in [-0.39, 0.29) is 17.5 Å². The van der Waals surface area contributed by atoms with Gasteiger partial charge < -0.3 is 5.32 Å². The number of hydrogen-bond donors (Lipinski definition) is 1. The Bertz CT molecular complexity index is 1120. The summed E-state index contributed by atoms with van der Waals surface area (Å²) < 4.78 is 0.880. The maximum absolute atomic E-state index is 13.3. The van der Waals surface area contributed by atoms with Crippen LogP contribution >= 0.6 is 15.9 Å². The lowest BCUT2D eigenvalue weighted by Crippen LogP contribution is -2.32. The van der Waals surface area contributed by atoms with E-state index >= 15 is 0 Å². The molecular weight excluding hydrogens is 428 g/mol. The van der Waals surface area contributed by atoms with E-state index in [2.05, 4.69) is 27.3 Å². The van der Waals surface area contributed by atoms with Crippen LogP contribution in [0.2, 0.25) is 0 Å². The first-order chi connectivity index (χ1) is 13.9. The Morgan fingerprint density at radius 2 is 1.41 bits per heavy atom. The van der Waals surface area contributed by atoms with Gasteiger partial charge >= 0.3 is 0 Å². The molecule has 0 saturated heterocycles. The summed E-state index contributed by atoms with van der Waals surface area (Å²) in [6.45, 7) is 4.00. The van der Waals surface area contributed by atoms with E-state index in [4.69, 9.17) is 0 Å². The van der Waals surface area contributed by atoms with Crippen molar-refractivity contribution in [1.82, 2.24) is 0 Å². The van der Waals surface area contributed by atoms with Crippen molar-refractivity contribution < 1.29 is 9.59 Å². The number of rotatable bonds is 4. The molecule has 2 amide bonds. The number of hydrogen-bond acceptors (Lipinski definition) is 3. The number of nitrogens with one attached hydrogen (secondary N) is 1. The highest BCUT2D eigenvalue weighted by Crippen LogP contribution is 2.34. The molecule has 5 heteroatoms. The van der Waals surface area contributed by atoms with E-state index in [0.29, 0.717) is 16.8 Å². The van der Waals surface area contributed by atoms with Gasteiger partial charge in [0.25, 0.3) is 11.8 Å². The van der Waals surface area contributed by atoms with Crippen molar-refractivity contribution in [3.05, 3.63) is 99.7 Å². The largest absolute Gasteiger partial charge is 0.350 e. The molecule has 144 valence electrons. The van der Waals surface area contributed by atoms with Crippen LogP contribution in [0.25, 0.3) is 5.57 Å². The minimum atomic E-state index is -0.365. The van der Waals surface area contributed by atoms with Crippen molar-refractivity contribution in [3.8, 4) is 0 Å². The normalized spacial score (nSPS) is 14.0. The SMILES string of the molecule is Cc1cc(C)cc(NC2=C(c3ccccc3)C(=O)N(c3ccc(Br)cc3)C2=O)c1. The van der Waals surface area contributed by atoms with Crippen molar-refractivity contribution >= 4 is 44.7 Å². The predicted molar refractivity (Wildman–Crippen MR) is 120 cm³/mol. The van der Waals surface area contributed by atoms with Crippen LogP contribution in [0, 0.1) is 13.8 Å². The molecule has 0 unspecified atom stereocenters. The smallest absolute Gasteiger partial charge is 0.282 e. The summed E-state index contributed by atoms with van der Waals surface area (Å²) in [7, 11) is 0. The number of aryl methyl sites for hydroxylation is 2. The lowest BCUT2D eigenvalue weighted by molar-refractivity contribution is -0.120. The van der Waals surface area contributed by atoms with Gasteiger partial charge in [-0.3, -0.25) is 9.59 Å². The van der Waals surface area contributed by atoms with Crippen LogP contribution < -0.4 is 10.2 Å². The minimum Gasteiger partial charge on any atom is -0.350 e. The average Bonchev–Trinajstić information content (AvgIpc) is 2.92. The number of carbonyl (C=O) groups excluding carboxylic acids is 2. The maximum Gasteiger partial charge on any atom is 0.282 e. The standard InChI is InChI=1S/C24H19BrN2O2/c1-15-12-16(2)14-19(13-15)26-22-21(17-6-4-3-5-7-17)23(28)27(24(22)29)20-10-8-18(25)9-11-20/h3-14,26H,1-2H3. The Labute approximate surface area is 178 Å². The van der Waals surface area contributed by atoms with Crippen LogP contribution in [-0.4, -0.2) is 11.8 Å². The molecule has 3 aromatic rings. The van der Waals surface area contributed by atoms with Gasteiger partial charge in [-0.25, -0.2) is 4.90 Å². The molecule has 0 saturated carbocycles. The number of imide groups is 1. The molecule has 1 N–H and O–H groups in total. The van der Waals surface area contributed by atoms with Crippen LogP contribution in [0.1, 0.15) is 16.7 Å². The van der Waals surface area contributed by atoms with Crippen LogP contribution in [0.15, 0.2) is 83.0 Å². The number of amides is 2. The third kappa shape index (κ3) is 3.74. The van der Waals surface area contributed by atoms with E-state index in [1.165, 1.54) is 4.90 Å². The number of carbonyl (C=O) groups is 2. The topological polar surface area (TPSA) is 49.4 Å². The maximum atomic E-state index is 13.3. The molecule has 0 aliphatic carbocycles. The first-order valence-electron chi connectivity index (χ1n) is 9.23. The summed E-state index contributed by atoms with van der Waals surface area (Å²) in [5, 5.41) is 3.22. The quantitative estimate of drug-likeness (QED) is 0.541. The second-order valence-electron chi connectivity index (χ2n) is 7.04. The fourth-order valence-electron chi connectivity index (χ4n) is 3.53. The summed E-state index contributed by atoms with van der Waals surface area (Å²) >= 11 is 3.39. The highest BCUT2D eigenvalue weighted by Gasteiger charge is 2.40. The molecule has 0 radical (unpaired) electrons. The van der Waals surface area contributed by atoms with Crippen LogP contribution in [0.3, 0.4) is 0 Å². The molecule has 0 aromatic heterocycles. The van der Waals surface area contributed by atoms with Gasteiger partial charge in [0.1, 0.15) is 5.70 Å². The van der Waals surface area contributed by atoms with Gasteiger partial charge in [-0.05, 0) is 66.9 Å². The Balaban J connectivity index is 1.82. The van der Waals surface area contributed by atoms with Gasteiger partial charge in [0.05, 0.1) is 11.3 Å². The number of benzene rings is 3. The number of nitrogens with zero attached hydrogens (tertiary/aromatic N) is 1.